The zero-order valence-corrected chi connectivity index (χ0v) is 15.2. The van der Waals surface area contributed by atoms with Gasteiger partial charge in [0.05, 0.1) is 0 Å². The summed E-state index contributed by atoms with van der Waals surface area (Å²) in [5.74, 6) is 1.83. The Bertz CT molecular complexity index is 600. The number of benzene rings is 2. The van der Waals surface area contributed by atoms with Crippen molar-refractivity contribution in [1.29, 1.82) is 0 Å². The fourth-order valence-electron chi connectivity index (χ4n) is 1.83. The third kappa shape index (κ3) is 4.37. The second-order valence-corrected chi connectivity index (χ2v) is 11.8. The highest BCUT2D eigenvalue weighted by atomic mass is 28.4. The molecular weight excluding hydrogens is 288 g/mol. The summed E-state index contributed by atoms with van der Waals surface area (Å²) >= 11 is 0. The van der Waals surface area contributed by atoms with E-state index in [1.165, 1.54) is 0 Å². The summed E-state index contributed by atoms with van der Waals surface area (Å²) in [6.45, 7) is 11.8. The van der Waals surface area contributed by atoms with Crippen LogP contribution in [0.4, 0.5) is 0 Å². The van der Waals surface area contributed by atoms with E-state index in [1.54, 1.807) is 0 Å². The molecular formula is C19H26O2Si. The normalized spacial score (nSPS) is 12.0. The number of hydrogen-bond acceptors (Lipinski definition) is 2. The third-order valence-corrected chi connectivity index (χ3v) is 8.58. The van der Waals surface area contributed by atoms with Crippen LogP contribution in [0.1, 0.15) is 26.3 Å². The molecule has 0 aromatic heterocycles. The van der Waals surface area contributed by atoms with Crippen molar-refractivity contribution in [3.8, 4) is 11.5 Å². The Labute approximate surface area is 135 Å². The number of ether oxygens (including phenoxy) is 1. The minimum atomic E-state index is -1.80. The lowest BCUT2D eigenvalue weighted by molar-refractivity contribution is 0.305. The fourth-order valence-corrected chi connectivity index (χ4v) is 2.85. The first-order valence-electron chi connectivity index (χ1n) is 7.74. The van der Waals surface area contributed by atoms with E-state index in [9.17, 15) is 0 Å². The van der Waals surface area contributed by atoms with Gasteiger partial charge in [-0.25, -0.2) is 0 Å². The van der Waals surface area contributed by atoms with E-state index in [4.69, 9.17) is 9.16 Å². The van der Waals surface area contributed by atoms with Crippen molar-refractivity contribution in [1.82, 2.24) is 0 Å². The lowest BCUT2D eigenvalue weighted by Gasteiger charge is -2.36. The second-order valence-electron chi connectivity index (χ2n) is 7.11. The van der Waals surface area contributed by atoms with E-state index in [1.807, 2.05) is 42.5 Å². The SMILES string of the molecule is CC(C)(C)[Si](C)(C)Oc1cccc(COc2ccccc2)c1. The van der Waals surface area contributed by atoms with Crippen molar-refractivity contribution in [2.45, 2.75) is 45.5 Å². The summed E-state index contributed by atoms with van der Waals surface area (Å²) in [7, 11) is -1.80. The maximum absolute atomic E-state index is 6.34. The Morgan fingerprint density at radius 1 is 0.864 bits per heavy atom. The van der Waals surface area contributed by atoms with Gasteiger partial charge in [0.15, 0.2) is 0 Å². The van der Waals surface area contributed by atoms with Gasteiger partial charge in [-0.1, -0.05) is 51.1 Å². The van der Waals surface area contributed by atoms with E-state index in [0.29, 0.717) is 6.61 Å². The molecule has 22 heavy (non-hydrogen) atoms. The molecule has 0 bridgehead atoms. The average molecular weight is 315 g/mol. The van der Waals surface area contributed by atoms with Crippen molar-refractivity contribution < 1.29 is 9.16 Å². The molecule has 2 aromatic rings. The Hall–Kier alpha value is -1.74. The summed E-state index contributed by atoms with van der Waals surface area (Å²) in [5.41, 5.74) is 1.13. The van der Waals surface area contributed by atoms with Crippen LogP contribution in [0.2, 0.25) is 18.1 Å². The quantitative estimate of drug-likeness (QED) is 0.664. The lowest BCUT2D eigenvalue weighted by atomic mass is 10.2. The Kier molecular flexibility index (Phi) is 4.96. The van der Waals surface area contributed by atoms with Crippen molar-refractivity contribution in [3.63, 3.8) is 0 Å². The summed E-state index contributed by atoms with van der Waals surface area (Å²) in [6, 6.07) is 18.1. The molecule has 0 N–H and O–H groups in total. The number of rotatable bonds is 5. The van der Waals surface area contributed by atoms with Gasteiger partial charge in [-0.3, -0.25) is 0 Å². The van der Waals surface area contributed by atoms with Gasteiger partial charge in [0.25, 0.3) is 0 Å². The zero-order chi connectivity index (χ0) is 16.2. The van der Waals surface area contributed by atoms with Gasteiger partial charge < -0.3 is 9.16 Å². The predicted molar refractivity (Wildman–Crippen MR) is 95.0 cm³/mol. The van der Waals surface area contributed by atoms with Crippen LogP contribution in [0.3, 0.4) is 0 Å². The van der Waals surface area contributed by atoms with Gasteiger partial charge in [0.2, 0.25) is 8.32 Å². The molecule has 0 radical (unpaired) electrons. The van der Waals surface area contributed by atoms with Crippen LogP contribution in [0.25, 0.3) is 0 Å². The molecule has 0 unspecified atom stereocenters. The molecule has 3 heteroatoms. The Balaban J connectivity index is 2.04. The lowest BCUT2D eigenvalue weighted by Crippen LogP contribution is -2.43. The third-order valence-electron chi connectivity index (χ3n) is 4.23. The molecule has 0 heterocycles. The highest BCUT2D eigenvalue weighted by Crippen LogP contribution is 2.37. The molecule has 0 saturated carbocycles. The Morgan fingerprint density at radius 3 is 2.14 bits per heavy atom. The van der Waals surface area contributed by atoms with Crippen LogP contribution < -0.4 is 9.16 Å². The molecule has 0 amide bonds. The van der Waals surface area contributed by atoms with Crippen LogP contribution in [0.15, 0.2) is 54.6 Å². The summed E-state index contributed by atoms with van der Waals surface area (Å²) in [6.07, 6.45) is 0. The molecule has 2 nitrogen and oxygen atoms in total. The van der Waals surface area contributed by atoms with E-state index < -0.39 is 8.32 Å². The van der Waals surface area contributed by atoms with Crippen LogP contribution in [0.5, 0.6) is 11.5 Å². The van der Waals surface area contributed by atoms with E-state index in [0.717, 1.165) is 17.1 Å². The van der Waals surface area contributed by atoms with Crippen molar-refractivity contribution in [3.05, 3.63) is 60.2 Å². The molecule has 0 spiro atoms. The molecule has 0 aliphatic carbocycles. The van der Waals surface area contributed by atoms with Crippen LogP contribution in [-0.4, -0.2) is 8.32 Å². The predicted octanol–water partition coefficient (Wildman–Crippen LogP) is 5.65. The Morgan fingerprint density at radius 2 is 1.50 bits per heavy atom. The molecule has 118 valence electrons. The first-order chi connectivity index (χ1) is 10.3. The van der Waals surface area contributed by atoms with E-state index in [2.05, 4.69) is 46.0 Å². The molecule has 0 fully saturated rings. The zero-order valence-electron chi connectivity index (χ0n) is 14.2. The molecule has 0 aliphatic rings. The largest absolute Gasteiger partial charge is 0.543 e. The minimum Gasteiger partial charge on any atom is -0.543 e. The van der Waals surface area contributed by atoms with Gasteiger partial charge in [0, 0.05) is 0 Å². The molecule has 0 saturated heterocycles. The number of para-hydroxylation sites is 1. The number of hydrogen-bond donors (Lipinski definition) is 0. The minimum absolute atomic E-state index is 0.198. The maximum atomic E-state index is 6.34. The average Bonchev–Trinajstić information content (AvgIpc) is 2.45. The monoisotopic (exact) mass is 314 g/mol. The molecule has 0 atom stereocenters. The highest BCUT2D eigenvalue weighted by molar-refractivity contribution is 6.74. The summed E-state index contributed by atoms with van der Waals surface area (Å²) < 4.78 is 12.1. The fraction of sp³-hybridized carbons (Fsp3) is 0.368. The van der Waals surface area contributed by atoms with Crippen molar-refractivity contribution in [2.75, 3.05) is 0 Å². The van der Waals surface area contributed by atoms with Gasteiger partial charge in [-0.05, 0) is 48.0 Å². The van der Waals surface area contributed by atoms with Gasteiger partial charge >= 0.3 is 0 Å². The maximum Gasteiger partial charge on any atom is 0.250 e. The van der Waals surface area contributed by atoms with Gasteiger partial charge in [-0.2, -0.15) is 0 Å². The van der Waals surface area contributed by atoms with Gasteiger partial charge in [0.1, 0.15) is 18.1 Å². The topological polar surface area (TPSA) is 18.5 Å². The first kappa shape index (κ1) is 16.6. The van der Waals surface area contributed by atoms with E-state index in [-0.39, 0.29) is 5.04 Å². The molecule has 0 aliphatic heterocycles. The van der Waals surface area contributed by atoms with Crippen molar-refractivity contribution in [2.24, 2.45) is 0 Å². The second kappa shape index (κ2) is 6.57. The smallest absolute Gasteiger partial charge is 0.250 e. The summed E-state index contributed by atoms with van der Waals surface area (Å²) in [4.78, 5) is 0. The van der Waals surface area contributed by atoms with Crippen LogP contribution in [-0.2, 0) is 6.61 Å². The first-order valence-corrected chi connectivity index (χ1v) is 10.6. The molecule has 2 rings (SSSR count). The molecule has 2 aromatic carbocycles. The summed E-state index contributed by atoms with van der Waals surface area (Å²) in [5, 5.41) is 0.198. The van der Waals surface area contributed by atoms with Crippen LogP contribution >= 0.6 is 0 Å². The van der Waals surface area contributed by atoms with E-state index >= 15 is 0 Å². The van der Waals surface area contributed by atoms with Crippen LogP contribution in [0, 0.1) is 0 Å². The van der Waals surface area contributed by atoms with Crippen molar-refractivity contribution >= 4 is 8.32 Å². The highest BCUT2D eigenvalue weighted by Gasteiger charge is 2.38. The standard InChI is InChI=1S/C19H26O2Si/c1-19(2,3)22(4,5)21-18-13-9-10-16(14-18)15-20-17-11-7-6-8-12-17/h6-14H,15H2,1-5H3. The van der Waals surface area contributed by atoms with Gasteiger partial charge in [-0.15, -0.1) is 0 Å².